The van der Waals surface area contributed by atoms with Gasteiger partial charge in [-0.25, -0.2) is 0 Å². The lowest BCUT2D eigenvalue weighted by Gasteiger charge is -2.33. The maximum absolute atomic E-state index is 12.9. The number of carbonyl (C=O) groups is 2. The molecule has 0 spiro atoms. The van der Waals surface area contributed by atoms with Crippen LogP contribution in [0, 0.1) is 5.92 Å². The largest absolute Gasteiger partial charge is 0.346 e. The molecule has 126 valence electrons. The van der Waals surface area contributed by atoms with Crippen LogP contribution in [0.25, 0.3) is 0 Å². The minimum Gasteiger partial charge on any atom is -0.346 e. The van der Waals surface area contributed by atoms with Gasteiger partial charge in [-0.2, -0.15) is 0 Å². The molecule has 0 saturated carbocycles. The number of likely N-dealkylation sites (tertiary alicyclic amines) is 1. The van der Waals surface area contributed by atoms with Crippen LogP contribution >= 0.6 is 0 Å². The van der Waals surface area contributed by atoms with Gasteiger partial charge in [-0.05, 0) is 26.1 Å². The Balaban J connectivity index is 2.06. The van der Waals surface area contributed by atoms with Crippen molar-refractivity contribution in [2.24, 2.45) is 5.92 Å². The highest BCUT2D eigenvalue weighted by Gasteiger charge is 2.31. The van der Waals surface area contributed by atoms with E-state index in [0.717, 1.165) is 18.5 Å². The third-order valence-electron chi connectivity index (χ3n) is 4.35. The number of rotatable bonds is 6. The highest BCUT2D eigenvalue weighted by Crippen LogP contribution is 2.21. The van der Waals surface area contributed by atoms with Crippen molar-refractivity contribution in [1.82, 2.24) is 14.7 Å². The number of piperidine rings is 1. The number of amides is 2. The molecule has 1 heterocycles. The van der Waals surface area contributed by atoms with E-state index in [-0.39, 0.29) is 17.7 Å². The van der Waals surface area contributed by atoms with Crippen LogP contribution in [0.2, 0.25) is 0 Å². The third kappa shape index (κ3) is 5.06. The molecule has 1 fully saturated rings. The van der Waals surface area contributed by atoms with Gasteiger partial charge in [-0.15, -0.1) is 0 Å². The van der Waals surface area contributed by atoms with Gasteiger partial charge in [0, 0.05) is 45.6 Å². The first kappa shape index (κ1) is 17.5. The lowest BCUT2D eigenvalue weighted by Crippen LogP contribution is -2.45. The fraction of sp³-hybridized carbons (Fsp3) is 0.556. The summed E-state index contributed by atoms with van der Waals surface area (Å²) in [6, 6.07) is 10.0. The van der Waals surface area contributed by atoms with E-state index in [2.05, 4.69) is 4.90 Å². The van der Waals surface area contributed by atoms with E-state index in [1.165, 1.54) is 0 Å². The quantitative estimate of drug-likeness (QED) is 0.797. The molecule has 0 unspecified atom stereocenters. The van der Waals surface area contributed by atoms with Crippen LogP contribution in [0.5, 0.6) is 0 Å². The van der Waals surface area contributed by atoms with Crippen LogP contribution in [0.3, 0.4) is 0 Å². The molecule has 1 saturated heterocycles. The second-order valence-electron chi connectivity index (χ2n) is 6.55. The Morgan fingerprint density at radius 1 is 1.22 bits per heavy atom. The average molecular weight is 317 g/mol. The molecular formula is C18H27N3O2. The van der Waals surface area contributed by atoms with Crippen molar-refractivity contribution in [1.29, 1.82) is 0 Å². The van der Waals surface area contributed by atoms with Crippen molar-refractivity contribution in [3.05, 3.63) is 35.9 Å². The van der Waals surface area contributed by atoms with E-state index in [0.29, 0.717) is 26.1 Å². The normalized spacial score (nSPS) is 18.3. The van der Waals surface area contributed by atoms with Crippen LogP contribution < -0.4 is 0 Å². The number of carbonyl (C=O) groups excluding carboxylic acids is 2. The maximum Gasteiger partial charge on any atom is 0.226 e. The monoisotopic (exact) mass is 317 g/mol. The van der Waals surface area contributed by atoms with Gasteiger partial charge in [0.05, 0.1) is 0 Å². The molecule has 1 aliphatic heterocycles. The maximum atomic E-state index is 12.9. The highest BCUT2D eigenvalue weighted by atomic mass is 16.2. The van der Waals surface area contributed by atoms with Gasteiger partial charge in [0.1, 0.15) is 0 Å². The van der Waals surface area contributed by atoms with Crippen molar-refractivity contribution >= 4 is 11.8 Å². The zero-order valence-electron chi connectivity index (χ0n) is 14.4. The Morgan fingerprint density at radius 2 is 1.91 bits per heavy atom. The molecule has 5 nitrogen and oxygen atoms in total. The first-order valence-electron chi connectivity index (χ1n) is 8.18. The van der Waals surface area contributed by atoms with Gasteiger partial charge < -0.3 is 14.7 Å². The van der Waals surface area contributed by atoms with E-state index in [9.17, 15) is 9.59 Å². The Labute approximate surface area is 138 Å². The molecule has 1 aromatic carbocycles. The fourth-order valence-electron chi connectivity index (χ4n) is 2.80. The Bertz CT molecular complexity index is 530. The molecule has 0 N–H and O–H groups in total. The lowest BCUT2D eigenvalue weighted by atomic mass is 9.94. The van der Waals surface area contributed by atoms with Crippen LogP contribution in [-0.4, -0.2) is 67.3 Å². The first-order chi connectivity index (χ1) is 11.0. The summed E-state index contributed by atoms with van der Waals surface area (Å²) < 4.78 is 0. The predicted octanol–water partition coefficient (Wildman–Crippen LogP) is 1.45. The van der Waals surface area contributed by atoms with E-state index < -0.39 is 0 Å². The van der Waals surface area contributed by atoms with Crippen LogP contribution in [0.15, 0.2) is 30.3 Å². The fourth-order valence-corrected chi connectivity index (χ4v) is 2.80. The highest BCUT2D eigenvalue weighted by molar-refractivity contribution is 5.86. The van der Waals surface area contributed by atoms with Crippen molar-refractivity contribution in [2.75, 3.05) is 40.8 Å². The average Bonchev–Trinajstić information content (AvgIpc) is 2.54. The van der Waals surface area contributed by atoms with E-state index in [4.69, 9.17) is 0 Å². The standard InChI is InChI=1S/C18H27N3O2/c1-19(2)11-12-21(14-15-7-5-4-6-8-15)18(23)16-9-10-20(3)17(22)13-16/h4-8,16H,9-14H2,1-3H3/t16-/m0/s1. The molecule has 0 aliphatic carbocycles. The molecule has 5 heteroatoms. The summed E-state index contributed by atoms with van der Waals surface area (Å²) in [5.74, 6) is 0.00333. The third-order valence-corrected chi connectivity index (χ3v) is 4.35. The summed E-state index contributed by atoms with van der Waals surface area (Å²) in [7, 11) is 5.81. The molecule has 1 aliphatic rings. The van der Waals surface area contributed by atoms with Crippen molar-refractivity contribution in [3.63, 3.8) is 0 Å². The Morgan fingerprint density at radius 3 is 2.52 bits per heavy atom. The van der Waals surface area contributed by atoms with Gasteiger partial charge in [0.2, 0.25) is 11.8 Å². The number of nitrogens with zero attached hydrogens (tertiary/aromatic N) is 3. The molecule has 1 atom stereocenters. The van der Waals surface area contributed by atoms with Gasteiger partial charge in [-0.3, -0.25) is 9.59 Å². The second kappa shape index (κ2) is 8.11. The summed E-state index contributed by atoms with van der Waals surface area (Å²) in [6.45, 7) is 2.77. The molecule has 2 rings (SSSR count). The smallest absolute Gasteiger partial charge is 0.226 e. The molecule has 0 bridgehead atoms. The molecule has 0 radical (unpaired) electrons. The number of likely N-dealkylation sites (N-methyl/N-ethyl adjacent to an activating group) is 1. The van der Waals surface area contributed by atoms with Crippen molar-refractivity contribution in [3.8, 4) is 0 Å². The van der Waals surface area contributed by atoms with Crippen molar-refractivity contribution < 1.29 is 9.59 Å². The molecular weight excluding hydrogens is 290 g/mol. The van der Waals surface area contributed by atoms with Crippen molar-refractivity contribution in [2.45, 2.75) is 19.4 Å². The van der Waals surface area contributed by atoms with Gasteiger partial charge in [0.15, 0.2) is 0 Å². The Kier molecular flexibility index (Phi) is 6.16. The zero-order chi connectivity index (χ0) is 16.8. The number of benzene rings is 1. The summed E-state index contributed by atoms with van der Waals surface area (Å²) in [4.78, 5) is 30.5. The zero-order valence-corrected chi connectivity index (χ0v) is 14.4. The first-order valence-corrected chi connectivity index (χ1v) is 8.18. The molecule has 23 heavy (non-hydrogen) atoms. The Hall–Kier alpha value is -1.88. The molecule has 2 amide bonds. The summed E-state index contributed by atoms with van der Waals surface area (Å²) in [6.07, 6.45) is 1.09. The minimum atomic E-state index is -0.176. The van der Waals surface area contributed by atoms with Gasteiger partial charge in [-0.1, -0.05) is 30.3 Å². The van der Waals surface area contributed by atoms with E-state index >= 15 is 0 Å². The second-order valence-corrected chi connectivity index (χ2v) is 6.55. The van der Waals surface area contributed by atoms with E-state index in [1.54, 1.807) is 11.9 Å². The van der Waals surface area contributed by atoms with Gasteiger partial charge in [0.25, 0.3) is 0 Å². The molecule has 1 aromatic rings. The summed E-state index contributed by atoms with van der Waals surface area (Å²) in [5, 5.41) is 0. The number of hydrogen-bond acceptors (Lipinski definition) is 3. The van der Waals surface area contributed by atoms with Crippen LogP contribution in [0.1, 0.15) is 18.4 Å². The predicted molar refractivity (Wildman–Crippen MR) is 90.8 cm³/mol. The van der Waals surface area contributed by atoms with Gasteiger partial charge >= 0.3 is 0 Å². The topological polar surface area (TPSA) is 43.9 Å². The van der Waals surface area contributed by atoms with E-state index in [1.807, 2.05) is 49.3 Å². The summed E-state index contributed by atoms with van der Waals surface area (Å²) in [5.41, 5.74) is 1.12. The van der Waals surface area contributed by atoms with Crippen LogP contribution in [-0.2, 0) is 16.1 Å². The van der Waals surface area contributed by atoms with Crippen LogP contribution in [0.4, 0.5) is 0 Å². The lowest BCUT2D eigenvalue weighted by molar-refractivity contribution is -0.144. The SMILES string of the molecule is CN(C)CCN(Cc1ccccc1)C(=O)[C@H]1CCN(C)C(=O)C1. The summed E-state index contributed by atoms with van der Waals surface area (Å²) >= 11 is 0. The molecule has 0 aromatic heterocycles. The number of hydrogen-bond donors (Lipinski definition) is 0. The minimum absolute atomic E-state index is 0.0712.